The quantitative estimate of drug-likeness (QED) is 0.711. The van der Waals surface area contributed by atoms with E-state index in [0.29, 0.717) is 16.8 Å². The van der Waals surface area contributed by atoms with Gasteiger partial charge >= 0.3 is 12.4 Å². The van der Waals surface area contributed by atoms with Gasteiger partial charge in [-0.2, -0.15) is 26.3 Å². The number of nitrogens with zero attached hydrogens (tertiary/aromatic N) is 2. The van der Waals surface area contributed by atoms with Crippen molar-refractivity contribution in [2.75, 3.05) is 0 Å². The maximum absolute atomic E-state index is 12.6. The molecule has 0 atom stereocenters. The Balaban J connectivity index is 2.65. The van der Waals surface area contributed by atoms with Crippen molar-refractivity contribution >= 4 is 34.5 Å². The van der Waals surface area contributed by atoms with Crippen LogP contribution in [0.5, 0.6) is 0 Å². The summed E-state index contributed by atoms with van der Waals surface area (Å²) in [6, 6.07) is 1.00. The topological polar surface area (TPSA) is 41.7 Å². The molecule has 0 spiro atoms. The number of aromatic nitrogens is 2. The molecular formula is C10H3Cl2F6N3S. The molecule has 1 aromatic carbocycles. The Morgan fingerprint density at radius 1 is 1.00 bits per heavy atom. The van der Waals surface area contributed by atoms with Crippen molar-refractivity contribution in [2.45, 2.75) is 12.4 Å². The Kier molecular flexibility index (Phi) is 4.22. The third-order valence-electron chi connectivity index (χ3n) is 2.38. The summed E-state index contributed by atoms with van der Waals surface area (Å²) in [4.78, 5) is -0.684. The normalized spacial score (nSPS) is 12.7. The van der Waals surface area contributed by atoms with Crippen LogP contribution in [-0.4, -0.2) is 9.78 Å². The second kappa shape index (κ2) is 5.43. The molecule has 0 bridgehead atoms. The SMILES string of the molecule is N=c1sc(C(F)(F)F)nn1-c1c(Cl)cc(C(F)(F)F)cc1Cl. The fourth-order valence-electron chi connectivity index (χ4n) is 1.49. The van der Waals surface area contributed by atoms with Crippen LogP contribution in [0.15, 0.2) is 12.1 Å². The smallest absolute Gasteiger partial charge is 0.273 e. The van der Waals surface area contributed by atoms with Crippen molar-refractivity contribution < 1.29 is 26.3 Å². The van der Waals surface area contributed by atoms with E-state index in [1.165, 1.54) is 0 Å². The average Bonchev–Trinajstić information content (AvgIpc) is 2.69. The molecule has 1 heterocycles. The van der Waals surface area contributed by atoms with Gasteiger partial charge in [0.2, 0.25) is 9.81 Å². The predicted molar refractivity (Wildman–Crippen MR) is 67.3 cm³/mol. The first-order valence-electron chi connectivity index (χ1n) is 5.20. The maximum atomic E-state index is 12.6. The van der Waals surface area contributed by atoms with Crippen LogP contribution in [0.4, 0.5) is 26.3 Å². The second-order valence-corrected chi connectivity index (χ2v) is 5.70. The summed E-state index contributed by atoms with van der Waals surface area (Å²) < 4.78 is 75.9. The zero-order valence-electron chi connectivity index (χ0n) is 9.98. The summed E-state index contributed by atoms with van der Waals surface area (Å²) >= 11 is 11.3. The second-order valence-electron chi connectivity index (χ2n) is 3.91. The summed E-state index contributed by atoms with van der Waals surface area (Å²) in [6.07, 6.45) is -9.52. The van der Waals surface area contributed by atoms with Gasteiger partial charge in [-0.05, 0) is 12.1 Å². The lowest BCUT2D eigenvalue weighted by atomic mass is 10.2. The van der Waals surface area contributed by atoms with E-state index in [-0.39, 0.29) is 11.3 Å². The molecule has 0 fully saturated rings. The lowest BCUT2D eigenvalue weighted by molar-refractivity contribution is -0.138. The van der Waals surface area contributed by atoms with Gasteiger partial charge in [0.25, 0.3) is 0 Å². The molecule has 0 radical (unpaired) electrons. The van der Waals surface area contributed by atoms with Gasteiger partial charge in [-0.25, -0.2) is 4.68 Å². The van der Waals surface area contributed by atoms with E-state index < -0.39 is 43.5 Å². The molecule has 12 heteroatoms. The fourth-order valence-corrected chi connectivity index (χ4v) is 2.78. The van der Waals surface area contributed by atoms with Gasteiger partial charge in [-0.1, -0.05) is 34.5 Å². The molecule has 22 heavy (non-hydrogen) atoms. The first-order valence-corrected chi connectivity index (χ1v) is 6.77. The molecule has 2 aromatic rings. The maximum Gasteiger partial charge on any atom is 0.445 e. The van der Waals surface area contributed by atoms with Crippen LogP contribution in [0.3, 0.4) is 0 Å². The van der Waals surface area contributed by atoms with Gasteiger partial charge in [0.1, 0.15) is 5.69 Å². The van der Waals surface area contributed by atoms with Gasteiger partial charge in [0.15, 0.2) is 0 Å². The number of rotatable bonds is 1. The molecule has 0 amide bonds. The Labute approximate surface area is 132 Å². The van der Waals surface area contributed by atoms with E-state index in [9.17, 15) is 26.3 Å². The van der Waals surface area contributed by atoms with Gasteiger partial charge in [0, 0.05) is 0 Å². The highest BCUT2D eigenvalue weighted by Gasteiger charge is 2.37. The van der Waals surface area contributed by atoms with Crippen molar-refractivity contribution in [1.82, 2.24) is 9.78 Å². The first-order chi connectivity index (χ1) is 9.91. The standard InChI is InChI=1S/C10H3Cl2F6N3S/c11-4-1-3(9(13,14)15)2-5(12)6(4)21-8(19)22-7(20-21)10(16,17)18/h1-2,19H. The first kappa shape index (κ1) is 17.1. The summed E-state index contributed by atoms with van der Waals surface area (Å²) in [5.74, 6) is 0. The van der Waals surface area contributed by atoms with Crippen LogP contribution in [-0.2, 0) is 12.4 Å². The Morgan fingerprint density at radius 2 is 1.50 bits per heavy atom. The zero-order chi connectivity index (χ0) is 16.9. The summed E-state index contributed by atoms with van der Waals surface area (Å²) in [5.41, 5.74) is -1.59. The molecule has 0 aliphatic heterocycles. The molecule has 2 rings (SSSR count). The van der Waals surface area contributed by atoms with Crippen molar-refractivity contribution in [2.24, 2.45) is 0 Å². The molecule has 0 saturated carbocycles. The van der Waals surface area contributed by atoms with E-state index in [0.717, 1.165) is 0 Å². The van der Waals surface area contributed by atoms with Gasteiger partial charge in [0.05, 0.1) is 15.6 Å². The Morgan fingerprint density at radius 3 is 1.86 bits per heavy atom. The van der Waals surface area contributed by atoms with Crippen LogP contribution in [0.2, 0.25) is 10.0 Å². The third kappa shape index (κ3) is 3.23. The Bertz CT molecular complexity index is 753. The largest absolute Gasteiger partial charge is 0.445 e. The molecule has 0 saturated heterocycles. The lowest BCUT2D eigenvalue weighted by Crippen LogP contribution is -2.15. The molecule has 0 unspecified atom stereocenters. The summed E-state index contributed by atoms with van der Waals surface area (Å²) in [6.45, 7) is 0. The van der Waals surface area contributed by atoms with Crippen LogP contribution in [0.1, 0.15) is 10.6 Å². The number of hydrogen-bond acceptors (Lipinski definition) is 3. The van der Waals surface area contributed by atoms with Crippen LogP contribution in [0, 0.1) is 5.41 Å². The third-order valence-corrected chi connectivity index (χ3v) is 3.82. The van der Waals surface area contributed by atoms with Crippen molar-refractivity contribution in [3.8, 4) is 5.69 Å². The molecule has 3 nitrogen and oxygen atoms in total. The number of hydrogen-bond donors (Lipinski definition) is 1. The zero-order valence-corrected chi connectivity index (χ0v) is 12.3. The minimum absolute atomic E-state index is 0.00270. The van der Waals surface area contributed by atoms with Crippen molar-refractivity contribution in [3.05, 3.63) is 37.6 Å². The number of alkyl halides is 6. The predicted octanol–water partition coefficient (Wildman–Crippen LogP) is 4.76. The molecule has 0 aliphatic carbocycles. The Hall–Kier alpha value is -1.26. The van der Waals surface area contributed by atoms with Crippen LogP contribution < -0.4 is 4.80 Å². The van der Waals surface area contributed by atoms with E-state index in [4.69, 9.17) is 28.6 Å². The van der Waals surface area contributed by atoms with Crippen LogP contribution >= 0.6 is 34.5 Å². The molecular weight excluding hydrogens is 379 g/mol. The molecule has 1 N–H and O–H groups in total. The molecule has 0 aliphatic rings. The fraction of sp³-hybridized carbons (Fsp3) is 0.200. The van der Waals surface area contributed by atoms with Gasteiger partial charge in [-0.15, -0.1) is 5.10 Å². The molecule has 1 aromatic heterocycles. The minimum atomic E-state index is -4.80. The highest BCUT2D eigenvalue weighted by atomic mass is 35.5. The lowest BCUT2D eigenvalue weighted by Gasteiger charge is -2.12. The van der Waals surface area contributed by atoms with Crippen molar-refractivity contribution in [3.63, 3.8) is 0 Å². The van der Waals surface area contributed by atoms with E-state index in [2.05, 4.69) is 5.10 Å². The van der Waals surface area contributed by atoms with E-state index in [1.54, 1.807) is 0 Å². The number of nitrogens with one attached hydrogen (secondary N) is 1. The van der Waals surface area contributed by atoms with E-state index in [1.807, 2.05) is 0 Å². The van der Waals surface area contributed by atoms with E-state index >= 15 is 0 Å². The van der Waals surface area contributed by atoms with Crippen LogP contribution in [0.25, 0.3) is 5.69 Å². The highest BCUT2D eigenvalue weighted by molar-refractivity contribution is 7.08. The van der Waals surface area contributed by atoms with Gasteiger partial charge < -0.3 is 0 Å². The highest BCUT2D eigenvalue weighted by Crippen LogP contribution is 2.37. The monoisotopic (exact) mass is 381 g/mol. The average molecular weight is 382 g/mol. The van der Waals surface area contributed by atoms with Gasteiger partial charge in [-0.3, -0.25) is 5.41 Å². The molecule has 120 valence electrons. The number of halogens is 8. The minimum Gasteiger partial charge on any atom is -0.273 e. The summed E-state index contributed by atoms with van der Waals surface area (Å²) in [5, 5.41) is 8.11. The number of benzene rings is 1. The summed E-state index contributed by atoms with van der Waals surface area (Å²) in [7, 11) is 0. The van der Waals surface area contributed by atoms with Crippen molar-refractivity contribution in [1.29, 1.82) is 5.41 Å².